The highest BCUT2D eigenvalue weighted by Gasteiger charge is 2.51. The fourth-order valence-corrected chi connectivity index (χ4v) is 3.31. The predicted molar refractivity (Wildman–Crippen MR) is 112 cm³/mol. The molecule has 0 spiro atoms. The standard InChI is InChI=1S/C22H27NO11/c1-11(24)23-18-20(32-14(4)27)19(31-13(3)26)17(10-30-12(2)25)34-22(18)33-16-8-6-15(7-9-16)21(28)29-5/h6-9,17-20,22H,10H2,1-5H3,(H,23,24)/t17-,18+,19-,20-,22-/m1/s1. The van der Waals surface area contributed by atoms with Gasteiger partial charge < -0.3 is 33.7 Å². The minimum absolute atomic E-state index is 0.242. The number of rotatable bonds is 8. The van der Waals surface area contributed by atoms with E-state index in [0.29, 0.717) is 0 Å². The van der Waals surface area contributed by atoms with Gasteiger partial charge in [-0.25, -0.2) is 4.79 Å². The molecule has 0 radical (unpaired) electrons. The average Bonchev–Trinajstić information content (AvgIpc) is 2.75. The molecule has 12 nitrogen and oxygen atoms in total. The summed E-state index contributed by atoms with van der Waals surface area (Å²) in [5, 5.41) is 2.60. The van der Waals surface area contributed by atoms with E-state index in [9.17, 15) is 24.0 Å². The van der Waals surface area contributed by atoms with Crippen molar-refractivity contribution in [3.05, 3.63) is 29.8 Å². The molecule has 1 aliphatic rings. The highest BCUT2D eigenvalue weighted by Crippen LogP contribution is 2.29. The van der Waals surface area contributed by atoms with E-state index >= 15 is 0 Å². The van der Waals surface area contributed by atoms with Crippen LogP contribution in [0.1, 0.15) is 38.1 Å². The van der Waals surface area contributed by atoms with E-state index in [1.54, 1.807) is 0 Å². The number of amides is 1. The molecule has 1 aliphatic heterocycles. The normalized spacial score (nSPS) is 23.7. The molecule has 1 aromatic carbocycles. The molecule has 2 rings (SSSR count). The molecule has 0 unspecified atom stereocenters. The largest absolute Gasteiger partial charge is 0.465 e. The van der Waals surface area contributed by atoms with Gasteiger partial charge in [0, 0.05) is 27.7 Å². The Morgan fingerprint density at radius 1 is 0.882 bits per heavy atom. The summed E-state index contributed by atoms with van der Waals surface area (Å²) in [5.41, 5.74) is 0.276. The smallest absolute Gasteiger partial charge is 0.337 e. The van der Waals surface area contributed by atoms with Crippen LogP contribution in [0, 0.1) is 0 Å². The maximum Gasteiger partial charge on any atom is 0.337 e. The average molecular weight is 481 g/mol. The van der Waals surface area contributed by atoms with E-state index in [1.165, 1.54) is 45.2 Å². The number of esters is 4. The first kappa shape index (κ1) is 26.6. The third kappa shape index (κ3) is 7.44. The fourth-order valence-electron chi connectivity index (χ4n) is 3.31. The molecule has 34 heavy (non-hydrogen) atoms. The number of methoxy groups -OCH3 is 1. The summed E-state index contributed by atoms with van der Waals surface area (Å²) in [6.07, 6.45) is -4.82. The van der Waals surface area contributed by atoms with Gasteiger partial charge in [-0.05, 0) is 24.3 Å². The van der Waals surface area contributed by atoms with Gasteiger partial charge in [0.05, 0.1) is 12.7 Å². The summed E-state index contributed by atoms with van der Waals surface area (Å²) in [6, 6.07) is 4.75. The third-order valence-electron chi connectivity index (χ3n) is 4.60. The zero-order valence-electron chi connectivity index (χ0n) is 19.4. The summed E-state index contributed by atoms with van der Waals surface area (Å²) in [5.74, 6) is -2.84. The van der Waals surface area contributed by atoms with Gasteiger partial charge in [0.25, 0.3) is 0 Å². The van der Waals surface area contributed by atoms with E-state index in [-0.39, 0.29) is 17.9 Å². The van der Waals surface area contributed by atoms with Gasteiger partial charge in [0.1, 0.15) is 24.5 Å². The first-order chi connectivity index (χ1) is 16.0. The summed E-state index contributed by atoms with van der Waals surface area (Å²) >= 11 is 0. The Balaban J connectivity index is 2.42. The second-order valence-corrected chi connectivity index (χ2v) is 7.35. The molecule has 1 amide bonds. The second-order valence-electron chi connectivity index (χ2n) is 7.35. The van der Waals surface area contributed by atoms with Gasteiger partial charge in [-0.2, -0.15) is 0 Å². The Labute approximate surface area is 195 Å². The van der Waals surface area contributed by atoms with E-state index < -0.39 is 60.4 Å². The lowest BCUT2D eigenvalue weighted by atomic mass is 9.96. The van der Waals surface area contributed by atoms with Crippen LogP contribution < -0.4 is 10.1 Å². The summed E-state index contributed by atoms with van der Waals surface area (Å²) < 4.78 is 32.2. The van der Waals surface area contributed by atoms with Crippen LogP contribution in [0.25, 0.3) is 0 Å². The molecule has 0 aliphatic carbocycles. The summed E-state index contributed by atoms with van der Waals surface area (Å²) in [4.78, 5) is 58.6. The lowest BCUT2D eigenvalue weighted by molar-refractivity contribution is -0.257. The van der Waals surface area contributed by atoms with E-state index in [0.717, 1.165) is 13.8 Å². The highest BCUT2D eigenvalue weighted by molar-refractivity contribution is 5.89. The van der Waals surface area contributed by atoms with Crippen LogP contribution in [0.5, 0.6) is 5.75 Å². The van der Waals surface area contributed by atoms with Crippen LogP contribution in [0.4, 0.5) is 0 Å². The SMILES string of the molecule is COC(=O)c1ccc(O[C@@H]2O[C@H](COC(C)=O)[C@@H](OC(C)=O)[C@H](OC(C)=O)[C@@H]2NC(C)=O)cc1. The molecular weight excluding hydrogens is 454 g/mol. The first-order valence-corrected chi connectivity index (χ1v) is 10.3. The van der Waals surface area contributed by atoms with Crippen molar-refractivity contribution in [3.8, 4) is 5.75 Å². The monoisotopic (exact) mass is 481 g/mol. The molecule has 5 atom stereocenters. The Bertz CT molecular complexity index is 914. The van der Waals surface area contributed by atoms with Crippen LogP contribution in [-0.4, -0.2) is 74.1 Å². The van der Waals surface area contributed by atoms with Gasteiger partial charge in [0.2, 0.25) is 12.2 Å². The minimum Gasteiger partial charge on any atom is -0.465 e. The van der Waals surface area contributed by atoms with Crippen LogP contribution in [0.15, 0.2) is 24.3 Å². The van der Waals surface area contributed by atoms with E-state index in [2.05, 4.69) is 10.1 Å². The van der Waals surface area contributed by atoms with Crippen molar-refractivity contribution in [1.29, 1.82) is 0 Å². The topological polar surface area (TPSA) is 153 Å². The van der Waals surface area contributed by atoms with Crippen LogP contribution in [-0.2, 0) is 42.9 Å². The van der Waals surface area contributed by atoms with E-state index in [1.807, 2.05) is 0 Å². The number of carbonyl (C=O) groups is 5. The molecule has 186 valence electrons. The van der Waals surface area contributed by atoms with Crippen LogP contribution in [0.2, 0.25) is 0 Å². The molecule has 1 aromatic rings. The molecular formula is C22H27NO11. The quantitative estimate of drug-likeness (QED) is 0.408. The van der Waals surface area contributed by atoms with Crippen molar-refractivity contribution in [3.63, 3.8) is 0 Å². The molecule has 0 bridgehead atoms. The van der Waals surface area contributed by atoms with Gasteiger partial charge in [-0.1, -0.05) is 0 Å². The number of ether oxygens (including phenoxy) is 6. The zero-order chi connectivity index (χ0) is 25.4. The van der Waals surface area contributed by atoms with Crippen LogP contribution in [0.3, 0.4) is 0 Å². The molecule has 0 saturated carbocycles. The van der Waals surface area contributed by atoms with Crippen molar-refractivity contribution >= 4 is 29.8 Å². The zero-order valence-corrected chi connectivity index (χ0v) is 19.4. The number of hydrogen-bond donors (Lipinski definition) is 1. The van der Waals surface area contributed by atoms with Crippen molar-refractivity contribution in [1.82, 2.24) is 5.32 Å². The third-order valence-corrected chi connectivity index (χ3v) is 4.60. The fraction of sp³-hybridized carbons (Fsp3) is 0.500. The predicted octanol–water partition coefficient (Wildman–Crippen LogP) is 0.508. The van der Waals surface area contributed by atoms with Crippen LogP contribution >= 0.6 is 0 Å². The maximum absolute atomic E-state index is 11.9. The molecule has 0 aromatic heterocycles. The molecule has 1 N–H and O–H groups in total. The van der Waals surface area contributed by atoms with Gasteiger partial charge >= 0.3 is 23.9 Å². The second kappa shape index (κ2) is 12.0. The Kier molecular flexibility index (Phi) is 9.36. The van der Waals surface area contributed by atoms with Gasteiger partial charge in [-0.15, -0.1) is 0 Å². The molecule has 1 heterocycles. The number of hydrogen-bond acceptors (Lipinski definition) is 11. The Hall–Kier alpha value is -3.67. The molecule has 12 heteroatoms. The maximum atomic E-state index is 11.9. The van der Waals surface area contributed by atoms with Crippen molar-refractivity contribution in [2.45, 2.75) is 58.3 Å². The highest BCUT2D eigenvalue weighted by atomic mass is 16.7. The summed E-state index contributed by atoms with van der Waals surface area (Å²) in [6.45, 7) is 4.36. The minimum atomic E-state index is -1.26. The van der Waals surface area contributed by atoms with Gasteiger partial charge in [-0.3, -0.25) is 19.2 Å². The number of nitrogens with one attached hydrogen (secondary N) is 1. The lowest BCUT2D eigenvalue weighted by Crippen LogP contribution is -2.67. The first-order valence-electron chi connectivity index (χ1n) is 10.3. The van der Waals surface area contributed by atoms with Crippen molar-refractivity contribution in [2.75, 3.05) is 13.7 Å². The number of carbonyl (C=O) groups excluding carboxylic acids is 5. The van der Waals surface area contributed by atoms with Gasteiger partial charge in [0.15, 0.2) is 12.2 Å². The van der Waals surface area contributed by atoms with Crippen molar-refractivity contribution in [2.24, 2.45) is 0 Å². The summed E-state index contributed by atoms with van der Waals surface area (Å²) in [7, 11) is 1.25. The Morgan fingerprint density at radius 3 is 1.97 bits per heavy atom. The Morgan fingerprint density at radius 2 is 1.47 bits per heavy atom. The molecule has 1 saturated heterocycles. The molecule has 1 fully saturated rings. The van der Waals surface area contributed by atoms with Crippen molar-refractivity contribution < 1.29 is 52.4 Å². The van der Waals surface area contributed by atoms with E-state index in [4.69, 9.17) is 23.7 Å². The number of benzene rings is 1. The lowest BCUT2D eigenvalue weighted by Gasteiger charge is -2.44.